The molecule has 27 heavy (non-hydrogen) atoms. The number of likely N-dealkylation sites (tertiary alicyclic amines) is 1. The largest absolute Gasteiger partial charge is 0.378 e. The van der Waals surface area contributed by atoms with Crippen molar-refractivity contribution in [2.75, 3.05) is 38.6 Å². The number of benzene rings is 1. The maximum atomic E-state index is 12.5. The fourth-order valence-corrected chi connectivity index (χ4v) is 3.80. The summed E-state index contributed by atoms with van der Waals surface area (Å²) in [6, 6.07) is 7.59. The highest BCUT2D eigenvalue weighted by atomic mass is 32.1. The number of carbonyl (C=O) groups excluding carboxylic acids is 2. The number of piperidine rings is 1. The minimum atomic E-state index is -0.0523. The molecule has 0 aliphatic carbocycles. The average Bonchev–Trinajstić information content (AvgIpc) is 3.12. The number of carbonyl (C=O) groups is 2. The predicted molar refractivity (Wildman–Crippen MR) is 106 cm³/mol. The second-order valence-electron chi connectivity index (χ2n) is 7.08. The van der Waals surface area contributed by atoms with Gasteiger partial charge in [-0.25, -0.2) is 0 Å². The van der Waals surface area contributed by atoms with E-state index in [1.807, 2.05) is 55.1 Å². The number of aromatic nitrogens is 2. The molecule has 2 aromatic rings. The topological polar surface area (TPSA) is 78.4 Å². The second-order valence-corrected chi connectivity index (χ2v) is 7.83. The second kappa shape index (κ2) is 8.47. The van der Waals surface area contributed by atoms with Crippen LogP contribution in [0.4, 0.5) is 5.69 Å². The van der Waals surface area contributed by atoms with Gasteiger partial charge in [0.25, 0.3) is 11.8 Å². The summed E-state index contributed by atoms with van der Waals surface area (Å²) in [6.07, 6.45) is 1.77. The lowest BCUT2D eigenvalue weighted by molar-refractivity contribution is 0.0688. The minimum absolute atomic E-state index is 0.0190. The van der Waals surface area contributed by atoms with Crippen LogP contribution in [-0.4, -0.2) is 60.0 Å². The Morgan fingerprint density at radius 3 is 2.67 bits per heavy atom. The number of anilines is 1. The van der Waals surface area contributed by atoms with Gasteiger partial charge >= 0.3 is 0 Å². The van der Waals surface area contributed by atoms with Crippen LogP contribution in [0, 0.1) is 12.8 Å². The van der Waals surface area contributed by atoms with E-state index in [0.717, 1.165) is 30.1 Å². The molecule has 1 aliphatic rings. The molecule has 144 valence electrons. The average molecular weight is 388 g/mol. The zero-order chi connectivity index (χ0) is 19.4. The van der Waals surface area contributed by atoms with E-state index >= 15 is 0 Å². The quantitative estimate of drug-likeness (QED) is 0.851. The molecule has 2 amide bonds. The molecule has 0 unspecified atom stereocenters. The smallest absolute Gasteiger partial charge is 0.267 e. The fourth-order valence-electron chi connectivity index (χ4n) is 3.18. The van der Waals surface area contributed by atoms with E-state index in [1.165, 1.54) is 0 Å². The SMILES string of the molecule is Cc1nnsc1C(=O)N1CCC(CNC(=O)c2cccc(N(C)C)c2)CC1. The molecule has 0 saturated carbocycles. The molecule has 0 spiro atoms. The summed E-state index contributed by atoms with van der Waals surface area (Å²) in [5.74, 6) is 0.352. The van der Waals surface area contributed by atoms with E-state index in [2.05, 4.69) is 14.9 Å². The number of rotatable bonds is 5. The first-order valence-electron chi connectivity index (χ1n) is 9.09. The van der Waals surface area contributed by atoms with Gasteiger partial charge in [-0.05, 0) is 55.4 Å². The van der Waals surface area contributed by atoms with Gasteiger partial charge < -0.3 is 15.1 Å². The number of nitrogens with zero attached hydrogens (tertiary/aromatic N) is 4. The Kier molecular flexibility index (Phi) is 6.05. The highest BCUT2D eigenvalue weighted by Gasteiger charge is 2.26. The molecule has 0 bridgehead atoms. The van der Waals surface area contributed by atoms with Crippen LogP contribution in [0.25, 0.3) is 0 Å². The van der Waals surface area contributed by atoms with Crippen molar-refractivity contribution in [3.8, 4) is 0 Å². The van der Waals surface area contributed by atoms with Crippen molar-refractivity contribution >= 4 is 29.0 Å². The molecule has 7 nitrogen and oxygen atoms in total. The van der Waals surface area contributed by atoms with Gasteiger partial charge in [-0.3, -0.25) is 9.59 Å². The van der Waals surface area contributed by atoms with Gasteiger partial charge in [0, 0.05) is 45.0 Å². The van der Waals surface area contributed by atoms with Crippen molar-refractivity contribution in [3.05, 3.63) is 40.4 Å². The van der Waals surface area contributed by atoms with Crippen molar-refractivity contribution in [3.63, 3.8) is 0 Å². The molecule has 1 saturated heterocycles. The van der Waals surface area contributed by atoms with E-state index in [1.54, 1.807) is 0 Å². The van der Waals surface area contributed by atoms with E-state index in [4.69, 9.17) is 0 Å². The number of hydrogen-bond acceptors (Lipinski definition) is 6. The lowest BCUT2D eigenvalue weighted by Gasteiger charge is -2.31. The van der Waals surface area contributed by atoms with Gasteiger partial charge in [0.2, 0.25) is 0 Å². The van der Waals surface area contributed by atoms with E-state index in [9.17, 15) is 9.59 Å². The van der Waals surface area contributed by atoms with Crippen molar-refractivity contribution in [1.29, 1.82) is 0 Å². The molecular weight excluding hydrogens is 362 g/mol. The van der Waals surface area contributed by atoms with Gasteiger partial charge in [0.1, 0.15) is 4.88 Å². The number of hydrogen-bond donors (Lipinski definition) is 1. The number of nitrogens with one attached hydrogen (secondary N) is 1. The van der Waals surface area contributed by atoms with E-state index < -0.39 is 0 Å². The van der Waals surface area contributed by atoms with Crippen LogP contribution in [-0.2, 0) is 0 Å². The van der Waals surface area contributed by atoms with Gasteiger partial charge in [0.15, 0.2) is 0 Å². The Balaban J connectivity index is 1.48. The third-order valence-corrected chi connectivity index (χ3v) is 5.74. The molecule has 2 heterocycles. The monoisotopic (exact) mass is 387 g/mol. The van der Waals surface area contributed by atoms with Crippen molar-refractivity contribution in [1.82, 2.24) is 19.8 Å². The Bertz CT molecular complexity index is 812. The first kappa shape index (κ1) is 19.3. The summed E-state index contributed by atoms with van der Waals surface area (Å²) >= 11 is 1.15. The van der Waals surface area contributed by atoms with Crippen LogP contribution in [0.5, 0.6) is 0 Å². The zero-order valence-electron chi connectivity index (χ0n) is 15.9. The molecule has 1 N–H and O–H groups in total. The summed E-state index contributed by atoms with van der Waals surface area (Å²) in [6.45, 7) is 3.85. The molecule has 0 atom stereocenters. The van der Waals surface area contributed by atoms with Crippen LogP contribution in [0.15, 0.2) is 24.3 Å². The molecule has 8 heteroatoms. The Hall–Kier alpha value is -2.48. The Labute approximate surface area is 163 Å². The lowest BCUT2D eigenvalue weighted by Crippen LogP contribution is -2.41. The highest BCUT2D eigenvalue weighted by molar-refractivity contribution is 7.07. The maximum absolute atomic E-state index is 12.5. The number of amides is 2. The Morgan fingerprint density at radius 1 is 1.30 bits per heavy atom. The third-order valence-electron chi connectivity index (χ3n) is 4.92. The summed E-state index contributed by atoms with van der Waals surface area (Å²) in [7, 11) is 3.91. The summed E-state index contributed by atoms with van der Waals surface area (Å²) in [4.78, 5) is 29.4. The van der Waals surface area contributed by atoms with Crippen LogP contribution in [0.1, 0.15) is 38.6 Å². The highest BCUT2D eigenvalue weighted by Crippen LogP contribution is 2.21. The van der Waals surface area contributed by atoms with Gasteiger partial charge in [-0.2, -0.15) is 0 Å². The van der Waals surface area contributed by atoms with Crippen LogP contribution >= 0.6 is 11.5 Å². The molecular formula is C19H25N5O2S. The standard InChI is InChI=1S/C19H25N5O2S/c1-13-17(27-22-21-13)19(26)24-9-7-14(8-10-24)12-20-18(25)15-5-4-6-16(11-15)23(2)3/h4-6,11,14H,7-10,12H2,1-3H3,(H,20,25). The van der Waals surface area contributed by atoms with Gasteiger partial charge in [-0.1, -0.05) is 10.6 Å². The molecule has 1 fully saturated rings. The van der Waals surface area contributed by atoms with Crippen LogP contribution in [0.3, 0.4) is 0 Å². The summed E-state index contributed by atoms with van der Waals surface area (Å²) in [5.41, 5.74) is 2.36. The summed E-state index contributed by atoms with van der Waals surface area (Å²) in [5, 5.41) is 6.95. The van der Waals surface area contributed by atoms with Gasteiger partial charge in [-0.15, -0.1) is 5.10 Å². The van der Waals surface area contributed by atoms with Crippen LogP contribution < -0.4 is 10.2 Å². The first-order chi connectivity index (χ1) is 13.0. The van der Waals surface area contributed by atoms with Crippen LogP contribution in [0.2, 0.25) is 0 Å². The summed E-state index contributed by atoms with van der Waals surface area (Å²) < 4.78 is 3.84. The Morgan fingerprint density at radius 2 is 2.04 bits per heavy atom. The minimum Gasteiger partial charge on any atom is -0.378 e. The normalized spacial score (nSPS) is 14.9. The third kappa shape index (κ3) is 4.63. The predicted octanol–water partition coefficient (Wildman–Crippen LogP) is 2.19. The molecule has 0 radical (unpaired) electrons. The van der Waals surface area contributed by atoms with E-state index in [0.29, 0.717) is 41.7 Å². The lowest BCUT2D eigenvalue weighted by atomic mass is 9.96. The van der Waals surface area contributed by atoms with Gasteiger partial charge in [0.05, 0.1) is 5.69 Å². The number of aryl methyl sites for hydroxylation is 1. The molecule has 3 rings (SSSR count). The molecule has 1 aromatic heterocycles. The fraction of sp³-hybridized carbons (Fsp3) is 0.474. The van der Waals surface area contributed by atoms with Crippen molar-refractivity contribution < 1.29 is 9.59 Å². The van der Waals surface area contributed by atoms with Crippen molar-refractivity contribution in [2.24, 2.45) is 5.92 Å². The first-order valence-corrected chi connectivity index (χ1v) is 9.87. The molecule has 1 aliphatic heterocycles. The van der Waals surface area contributed by atoms with E-state index in [-0.39, 0.29) is 11.8 Å². The maximum Gasteiger partial charge on any atom is 0.267 e. The zero-order valence-corrected chi connectivity index (χ0v) is 16.8. The van der Waals surface area contributed by atoms with Crippen molar-refractivity contribution in [2.45, 2.75) is 19.8 Å². The molecule has 1 aromatic carbocycles.